The van der Waals surface area contributed by atoms with E-state index in [0.717, 1.165) is 19.3 Å². The van der Waals surface area contributed by atoms with E-state index in [1.54, 1.807) is 4.90 Å². The second-order valence-electron chi connectivity index (χ2n) is 6.02. The summed E-state index contributed by atoms with van der Waals surface area (Å²) < 4.78 is 15.8. The van der Waals surface area contributed by atoms with Gasteiger partial charge in [0.1, 0.15) is 0 Å². The first-order valence-corrected chi connectivity index (χ1v) is 7.40. The van der Waals surface area contributed by atoms with Gasteiger partial charge in [0.05, 0.1) is 5.39 Å². The average molecular weight is 342 g/mol. The van der Waals surface area contributed by atoms with Gasteiger partial charge in [0.25, 0.3) is 5.56 Å². The van der Waals surface area contributed by atoms with Crippen molar-refractivity contribution in [2.24, 2.45) is 5.73 Å². The smallest absolute Gasteiger partial charge is 0.330 e. The van der Waals surface area contributed by atoms with Crippen LogP contribution in [0.1, 0.15) is 25.3 Å². The summed E-state index contributed by atoms with van der Waals surface area (Å²) in [5, 5.41) is 0.108. The minimum atomic E-state index is -0.604. The van der Waals surface area contributed by atoms with E-state index in [4.69, 9.17) is 5.73 Å². The Balaban J connectivity index is 0.00000156. The number of nitrogens with two attached hydrogens (primary N) is 1. The van der Waals surface area contributed by atoms with Crippen molar-refractivity contribution in [3.05, 3.63) is 32.7 Å². The van der Waals surface area contributed by atoms with Crippen LogP contribution in [0.15, 0.2) is 15.7 Å². The van der Waals surface area contributed by atoms with Crippen molar-refractivity contribution in [1.82, 2.24) is 14.5 Å². The lowest BCUT2D eigenvalue weighted by atomic mass is 10.3. The molecule has 1 atom stereocenters. The highest BCUT2D eigenvalue weighted by atomic mass is 35.5. The van der Waals surface area contributed by atoms with Crippen LogP contribution in [0.2, 0.25) is 0 Å². The van der Waals surface area contributed by atoms with Crippen molar-refractivity contribution >= 4 is 29.3 Å². The van der Waals surface area contributed by atoms with E-state index < -0.39 is 17.1 Å². The maximum absolute atomic E-state index is 14.3. The van der Waals surface area contributed by atoms with Crippen LogP contribution in [0.5, 0.6) is 0 Å². The van der Waals surface area contributed by atoms with Gasteiger partial charge in [-0.25, -0.2) is 14.2 Å². The molecular weight excluding hydrogens is 325 g/mol. The van der Waals surface area contributed by atoms with Crippen molar-refractivity contribution in [3.63, 3.8) is 0 Å². The molecule has 1 saturated carbocycles. The van der Waals surface area contributed by atoms with E-state index >= 15 is 0 Å². The molecule has 1 aliphatic heterocycles. The maximum atomic E-state index is 14.3. The summed E-state index contributed by atoms with van der Waals surface area (Å²) >= 11 is 0. The number of hydrogen-bond acceptors (Lipinski definition) is 5. The maximum Gasteiger partial charge on any atom is 0.330 e. The fraction of sp³-hybridized carbons (Fsp3) is 0.500. The molecule has 0 radical (unpaired) electrons. The molecule has 2 fully saturated rings. The zero-order valence-corrected chi connectivity index (χ0v) is 13.1. The number of aromatic nitrogens is 3. The largest absolute Gasteiger partial charge is 0.353 e. The molecule has 2 aromatic heterocycles. The highest BCUT2D eigenvalue weighted by molar-refractivity contribution is 5.85. The Bertz CT molecular complexity index is 876. The summed E-state index contributed by atoms with van der Waals surface area (Å²) in [4.78, 5) is 32.3. The molecule has 0 unspecified atom stereocenters. The molecule has 23 heavy (non-hydrogen) atoms. The fourth-order valence-corrected chi connectivity index (χ4v) is 3.01. The van der Waals surface area contributed by atoms with Crippen LogP contribution in [0, 0.1) is 5.82 Å². The number of halogens is 2. The van der Waals surface area contributed by atoms with E-state index in [9.17, 15) is 14.0 Å². The van der Waals surface area contributed by atoms with Gasteiger partial charge in [-0.3, -0.25) is 14.3 Å². The normalized spacial score (nSPS) is 20.8. The monoisotopic (exact) mass is 341 g/mol. The molecule has 124 valence electrons. The van der Waals surface area contributed by atoms with Crippen LogP contribution in [0.4, 0.5) is 10.2 Å². The molecule has 0 spiro atoms. The Morgan fingerprint density at radius 1 is 1.30 bits per heavy atom. The van der Waals surface area contributed by atoms with Gasteiger partial charge in [0.2, 0.25) is 0 Å². The summed E-state index contributed by atoms with van der Waals surface area (Å²) in [6.45, 7) is 1.14. The number of anilines is 1. The predicted octanol–water partition coefficient (Wildman–Crippen LogP) is 0.518. The van der Waals surface area contributed by atoms with Crippen LogP contribution in [-0.4, -0.2) is 33.7 Å². The van der Waals surface area contributed by atoms with Crippen molar-refractivity contribution in [2.45, 2.75) is 31.3 Å². The Morgan fingerprint density at radius 2 is 2.04 bits per heavy atom. The van der Waals surface area contributed by atoms with E-state index in [0.29, 0.717) is 13.1 Å². The minimum Gasteiger partial charge on any atom is -0.353 e. The van der Waals surface area contributed by atoms with E-state index in [2.05, 4.69) is 9.97 Å². The van der Waals surface area contributed by atoms with Crippen molar-refractivity contribution in [2.75, 3.05) is 18.0 Å². The summed E-state index contributed by atoms with van der Waals surface area (Å²) in [5.41, 5.74) is 5.03. The lowest BCUT2D eigenvalue weighted by molar-refractivity contribution is 0.614. The standard InChI is InChI=1S/C14H16FN5O2.ClH/c15-10-5-9-11(17-12(10)19-4-3-7(16)6-19)20(8-1-2-8)14(22)18-13(9)21;/h5,7-8H,1-4,6,16H2,(H,18,21,22);1H/t7-;/m0./s1. The summed E-state index contributed by atoms with van der Waals surface area (Å²) in [6.07, 6.45) is 2.50. The molecule has 2 aromatic rings. The molecule has 3 heterocycles. The number of hydrogen-bond donors (Lipinski definition) is 2. The molecule has 7 nitrogen and oxygen atoms in total. The number of rotatable bonds is 2. The minimum absolute atomic E-state index is 0. The molecule has 0 bridgehead atoms. The predicted molar refractivity (Wildman–Crippen MR) is 86.9 cm³/mol. The second-order valence-corrected chi connectivity index (χ2v) is 6.02. The zero-order chi connectivity index (χ0) is 15.4. The Kier molecular flexibility index (Phi) is 3.89. The summed E-state index contributed by atoms with van der Waals surface area (Å²) in [6, 6.07) is 1.19. The second kappa shape index (κ2) is 5.61. The third kappa shape index (κ3) is 2.61. The highest BCUT2D eigenvalue weighted by Crippen LogP contribution is 2.35. The quantitative estimate of drug-likeness (QED) is 0.830. The topological polar surface area (TPSA) is 97.0 Å². The highest BCUT2D eigenvalue weighted by Gasteiger charge is 2.29. The summed E-state index contributed by atoms with van der Waals surface area (Å²) in [7, 11) is 0. The van der Waals surface area contributed by atoms with Crippen molar-refractivity contribution < 1.29 is 4.39 Å². The molecule has 1 saturated heterocycles. The third-order valence-electron chi connectivity index (χ3n) is 4.29. The Morgan fingerprint density at radius 3 is 2.65 bits per heavy atom. The van der Waals surface area contributed by atoms with Gasteiger partial charge < -0.3 is 10.6 Å². The first-order chi connectivity index (χ1) is 10.5. The van der Waals surface area contributed by atoms with Crippen LogP contribution >= 0.6 is 12.4 Å². The number of aromatic amines is 1. The van der Waals surface area contributed by atoms with Gasteiger partial charge in [0, 0.05) is 25.2 Å². The summed E-state index contributed by atoms with van der Waals surface area (Å²) in [5.74, 6) is -0.395. The van der Waals surface area contributed by atoms with Crippen molar-refractivity contribution in [1.29, 1.82) is 0 Å². The molecule has 3 N–H and O–H groups in total. The Hall–Kier alpha value is -1.93. The lowest BCUT2D eigenvalue weighted by Crippen LogP contribution is -2.32. The van der Waals surface area contributed by atoms with Gasteiger partial charge in [-0.1, -0.05) is 0 Å². The number of nitrogens with one attached hydrogen (secondary N) is 1. The number of fused-ring (bicyclic) bond motifs is 1. The van der Waals surface area contributed by atoms with E-state index in [1.165, 1.54) is 10.6 Å². The fourth-order valence-electron chi connectivity index (χ4n) is 3.01. The van der Waals surface area contributed by atoms with E-state index in [1.807, 2.05) is 0 Å². The lowest BCUT2D eigenvalue weighted by Gasteiger charge is -2.18. The van der Waals surface area contributed by atoms with Gasteiger partial charge >= 0.3 is 5.69 Å². The van der Waals surface area contributed by atoms with Gasteiger partial charge in [-0.2, -0.15) is 0 Å². The first kappa shape index (κ1) is 15.9. The van der Waals surface area contributed by atoms with Crippen LogP contribution < -0.4 is 21.9 Å². The molecular formula is C14H17ClFN5O2. The molecule has 9 heteroatoms. The van der Waals surface area contributed by atoms with Gasteiger partial charge in [-0.15, -0.1) is 12.4 Å². The molecule has 2 aliphatic rings. The first-order valence-electron chi connectivity index (χ1n) is 7.40. The van der Waals surface area contributed by atoms with Gasteiger partial charge in [-0.05, 0) is 25.3 Å². The average Bonchev–Trinajstić information content (AvgIpc) is 3.20. The molecule has 4 rings (SSSR count). The Labute approximate surface area is 136 Å². The number of nitrogens with zero attached hydrogens (tertiary/aromatic N) is 3. The number of pyridine rings is 1. The van der Waals surface area contributed by atoms with Gasteiger partial charge in [0.15, 0.2) is 17.3 Å². The van der Waals surface area contributed by atoms with Crippen LogP contribution in [0.3, 0.4) is 0 Å². The molecule has 0 amide bonds. The third-order valence-corrected chi connectivity index (χ3v) is 4.29. The van der Waals surface area contributed by atoms with Crippen LogP contribution in [0.25, 0.3) is 11.0 Å². The van der Waals surface area contributed by atoms with Crippen molar-refractivity contribution in [3.8, 4) is 0 Å². The SMILES string of the molecule is Cl.N[C@H]1CCN(c2nc3c(cc2F)c(=O)[nH]c(=O)n3C2CC2)C1. The molecule has 0 aromatic carbocycles. The van der Waals surface area contributed by atoms with Crippen LogP contribution in [-0.2, 0) is 0 Å². The molecule has 1 aliphatic carbocycles. The van der Waals surface area contributed by atoms with E-state index in [-0.39, 0.29) is 41.3 Å². The number of H-pyrrole nitrogens is 1. The zero-order valence-electron chi connectivity index (χ0n) is 12.3.